The number of rotatable bonds is 4. The van der Waals surface area contributed by atoms with Crippen molar-refractivity contribution < 1.29 is 9.21 Å². The van der Waals surface area contributed by atoms with Crippen LogP contribution in [0.4, 0.5) is 4.79 Å². The number of furan rings is 1. The lowest BCUT2D eigenvalue weighted by Gasteiger charge is -2.22. The Bertz CT molecular complexity index is 620. The third-order valence-electron chi connectivity index (χ3n) is 3.65. The van der Waals surface area contributed by atoms with Gasteiger partial charge in [0.05, 0.1) is 17.3 Å². The van der Waals surface area contributed by atoms with E-state index in [2.05, 4.69) is 15.6 Å². The van der Waals surface area contributed by atoms with Gasteiger partial charge in [-0.05, 0) is 25.8 Å². The van der Waals surface area contributed by atoms with E-state index >= 15 is 0 Å². The summed E-state index contributed by atoms with van der Waals surface area (Å²) in [4.78, 5) is 17.5. The van der Waals surface area contributed by atoms with Gasteiger partial charge in [-0.15, -0.1) is 11.3 Å². The van der Waals surface area contributed by atoms with Gasteiger partial charge in [0.2, 0.25) is 0 Å². The highest BCUT2D eigenvalue weighted by Crippen LogP contribution is 2.30. The molecule has 6 heteroatoms. The Morgan fingerprint density at radius 1 is 1.57 bits per heavy atom. The van der Waals surface area contributed by atoms with Crippen molar-refractivity contribution in [2.24, 2.45) is 0 Å². The molecule has 1 aliphatic rings. The van der Waals surface area contributed by atoms with Gasteiger partial charge in [-0.1, -0.05) is 0 Å². The van der Waals surface area contributed by atoms with Crippen molar-refractivity contribution in [3.05, 3.63) is 39.7 Å². The van der Waals surface area contributed by atoms with Gasteiger partial charge in [0.25, 0.3) is 0 Å². The predicted octanol–water partition coefficient (Wildman–Crippen LogP) is 2.96. The molecule has 2 aromatic heterocycles. The van der Waals surface area contributed by atoms with Crippen molar-refractivity contribution >= 4 is 17.4 Å². The van der Waals surface area contributed by atoms with Crippen LogP contribution >= 0.6 is 11.3 Å². The maximum Gasteiger partial charge on any atom is 0.315 e. The first-order chi connectivity index (χ1) is 10.2. The molecule has 0 bridgehead atoms. The molecule has 2 N–H and O–H groups in total. The lowest BCUT2D eigenvalue weighted by molar-refractivity contribution is 0.235. The van der Waals surface area contributed by atoms with Gasteiger partial charge < -0.3 is 15.1 Å². The second-order valence-electron chi connectivity index (χ2n) is 5.26. The minimum Gasteiger partial charge on any atom is -0.469 e. The molecule has 0 fully saturated rings. The normalized spacial score (nSPS) is 17.3. The van der Waals surface area contributed by atoms with Crippen LogP contribution in [0.1, 0.15) is 40.1 Å². The maximum absolute atomic E-state index is 12.0. The summed E-state index contributed by atoms with van der Waals surface area (Å²) in [5.41, 5.74) is 1.12. The fourth-order valence-electron chi connectivity index (χ4n) is 2.65. The van der Waals surface area contributed by atoms with Gasteiger partial charge in [0.1, 0.15) is 5.76 Å². The number of hydrogen-bond donors (Lipinski definition) is 2. The number of thiazole rings is 1. The van der Waals surface area contributed by atoms with Gasteiger partial charge in [-0.2, -0.15) is 0 Å². The van der Waals surface area contributed by atoms with E-state index in [1.54, 1.807) is 17.6 Å². The summed E-state index contributed by atoms with van der Waals surface area (Å²) in [6.07, 6.45) is 7.31. The molecular formula is C15H19N3O2S. The van der Waals surface area contributed by atoms with Crippen molar-refractivity contribution in [2.75, 3.05) is 6.54 Å². The van der Waals surface area contributed by atoms with Crippen LogP contribution in [0.2, 0.25) is 0 Å². The fraction of sp³-hybridized carbons (Fsp3) is 0.467. The third kappa shape index (κ3) is 3.44. The van der Waals surface area contributed by atoms with E-state index in [1.807, 2.05) is 19.2 Å². The van der Waals surface area contributed by atoms with Crippen molar-refractivity contribution in [3.63, 3.8) is 0 Å². The largest absolute Gasteiger partial charge is 0.469 e. The minimum absolute atomic E-state index is 0.0645. The second-order valence-corrected chi connectivity index (χ2v) is 6.58. The monoisotopic (exact) mass is 305 g/mol. The molecule has 0 saturated carbocycles. The van der Waals surface area contributed by atoms with E-state index in [4.69, 9.17) is 4.42 Å². The molecule has 5 nitrogen and oxygen atoms in total. The molecule has 0 saturated heterocycles. The lowest BCUT2D eigenvalue weighted by Crippen LogP contribution is -2.39. The minimum atomic E-state index is -0.123. The number of hydrogen-bond acceptors (Lipinski definition) is 4. The Hall–Kier alpha value is -1.82. The first kappa shape index (κ1) is 14.1. The molecule has 1 atom stereocenters. The Kier molecular flexibility index (Phi) is 4.24. The molecule has 0 aromatic carbocycles. The molecule has 3 rings (SSSR count). The number of aryl methyl sites for hydroxylation is 2. The van der Waals surface area contributed by atoms with E-state index in [0.29, 0.717) is 6.54 Å². The van der Waals surface area contributed by atoms with Crippen LogP contribution in [-0.4, -0.2) is 17.6 Å². The summed E-state index contributed by atoms with van der Waals surface area (Å²) in [5.74, 6) is 1.00. The SMILES string of the molecule is Cc1cnc(CCNC(=O)NC2CCCc3occc32)s1. The highest BCUT2D eigenvalue weighted by atomic mass is 32.1. The zero-order valence-corrected chi connectivity index (χ0v) is 12.8. The van der Waals surface area contributed by atoms with E-state index < -0.39 is 0 Å². The highest BCUT2D eigenvalue weighted by molar-refractivity contribution is 7.11. The van der Waals surface area contributed by atoms with Crippen LogP contribution in [0, 0.1) is 6.92 Å². The topological polar surface area (TPSA) is 67.2 Å². The molecular weight excluding hydrogens is 286 g/mol. The summed E-state index contributed by atoms with van der Waals surface area (Å²) in [5, 5.41) is 6.98. The molecule has 1 unspecified atom stereocenters. The standard InChI is InChI=1S/C15H19N3O2S/c1-10-9-17-14(21-10)5-7-16-15(19)18-12-3-2-4-13-11(12)6-8-20-13/h6,8-9,12H,2-5,7H2,1H3,(H2,16,18,19). The number of aromatic nitrogens is 1. The number of nitrogens with zero attached hydrogens (tertiary/aromatic N) is 1. The van der Waals surface area contributed by atoms with E-state index in [0.717, 1.165) is 42.0 Å². The quantitative estimate of drug-likeness (QED) is 0.912. The molecule has 1 aliphatic carbocycles. The highest BCUT2D eigenvalue weighted by Gasteiger charge is 2.23. The van der Waals surface area contributed by atoms with Crippen LogP contribution in [0.25, 0.3) is 0 Å². The number of nitrogens with one attached hydrogen (secondary N) is 2. The van der Waals surface area contributed by atoms with Gasteiger partial charge in [-0.25, -0.2) is 9.78 Å². The van der Waals surface area contributed by atoms with E-state index in [1.165, 1.54) is 4.88 Å². The van der Waals surface area contributed by atoms with E-state index in [-0.39, 0.29) is 12.1 Å². The van der Waals surface area contributed by atoms with Gasteiger partial charge in [-0.3, -0.25) is 0 Å². The first-order valence-electron chi connectivity index (χ1n) is 7.24. The zero-order chi connectivity index (χ0) is 14.7. The smallest absolute Gasteiger partial charge is 0.315 e. The average molecular weight is 305 g/mol. The molecule has 0 aliphatic heterocycles. The predicted molar refractivity (Wildman–Crippen MR) is 81.5 cm³/mol. The van der Waals surface area contributed by atoms with Crippen molar-refractivity contribution in [3.8, 4) is 0 Å². The zero-order valence-electron chi connectivity index (χ0n) is 12.0. The number of carbonyl (C=O) groups is 1. The molecule has 21 heavy (non-hydrogen) atoms. The average Bonchev–Trinajstić information content (AvgIpc) is 3.08. The number of carbonyl (C=O) groups excluding carboxylic acids is 1. The van der Waals surface area contributed by atoms with Crippen LogP contribution in [0.5, 0.6) is 0 Å². The fourth-order valence-corrected chi connectivity index (χ4v) is 3.43. The summed E-state index contributed by atoms with van der Waals surface area (Å²) in [6, 6.07) is 1.90. The number of fused-ring (bicyclic) bond motifs is 1. The number of urea groups is 1. The Morgan fingerprint density at radius 2 is 2.48 bits per heavy atom. The molecule has 2 aromatic rings. The second kappa shape index (κ2) is 6.30. The summed E-state index contributed by atoms with van der Waals surface area (Å²) in [7, 11) is 0. The van der Waals surface area contributed by atoms with Crippen LogP contribution in [0.3, 0.4) is 0 Å². The maximum atomic E-state index is 12.0. The molecule has 0 radical (unpaired) electrons. The summed E-state index contributed by atoms with van der Waals surface area (Å²) < 4.78 is 5.43. The van der Waals surface area contributed by atoms with Crippen molar-refractivity contribution in [2.45, 2.75) is 38.6 Å². The van der Waals surface area contributed by atoms with Gasteiger partial charge >= 0.3 is 6.03 Å². The third-order valence-corrected chi connectivity index (χ3v) is 4.62. The van der Waals surface area contributed by atoms with Crippen molar-refractivity contribution in [1.82, 2.24) is 15.6 Å². The van der Waals surface area contributed by atoms with Gasteiger partial charge in [0, 0.05) is 36.0 Å². The van der Waals surface area contributed by atoms with E-state index in [9.17, 15) is 4.79 Å². The molecule has 112 valence electrons. The molecule has 2 amide bonds. The lowest BCUT2D eigenvalue weighted by atomic mass is 9.93. The van der Waals surface area contributed by atoms with Crippen LogP contribution in [0.15, 0.2) is 22.9 Å². The van der Waals surface area contributed by atoms with Crippen LogP contribution < -0.4 is 10.6 Å². The summed E-state index contributed by atoms with van der Waals surface area (Å²) >= 11 is 1.67. The summed E-state index contributed by atoms with van der Waals surface area (Å²) in [6.45, 7) is 2.64. The Morgan fingerprint density at radius 3 is 3.29 bits per heavy atom. The number of amides is 2. The Balaban J connectivity index is 1.47. The first-order valence-corrected chi connectivity index (χ1v) is 8.06. The Labute approximate surface area is 127 Å². The van der Waals surface area contributed by atoms with Crippen molar-refractivity contribution in [1.29, 1.82) is 0 Å². The van der Waals surface area contributed by atoms with Crippen LogP contribution in [-0.2, 0) is 12.8 Å². The van der Waals surface area contributed by atoms with Gasteiger partial charge in [0.15, 0.2) is 0 Å². The molecule has 0 spiro atoms. The molecule has 2 heterocycles.